The molecule has 4 rings (SSSR count). The van der Waals surface area contributed by atoms with Gasteiger partial charge in [0.25, 0.3) is 5.91 Å². The van der Waals surface area contributed by atoms with Crippen LogP contribution in [-0.4, -0.2) is 44.6 Å². The van der Waals surface area contributed by atoms with Gasteiger partial charge in [-0.15, -0.1) is 11.3 Å². The van der Waals surface area contributed by atoms with E-state index in [0.29, 0.717) is 37.9 Å². The number of nitrogens with one attached hydrogen (secondary N) is 3. The van der Waals surface area contributed by atoms with E-state index in [0.717, 1.165) is 27.5 Å². The topological polar surface area (TPSA) is 128 Å². The number of sulfonamides is 1. The fourth-order valence-corrected chi connectivity index (χ4v) is 6.92. The number of rotatable bonds is 10. The molecule has 0 saturated carbocycles. The lowest BCUT2D eigenvalue weighted by atomic mass is 10.0. The lowest BCUT2D eigenvalue weighted by molar-refractivity contribution is -0.129. The van der Waals surface area contributed by atoms with Gasteiger partial charge in [0.05, 0.1) is 6.54 Å². The Morgan fingerprint density at radius 1 is 0.973 bits per heavy atom. The van der Waals surface area contributed by atoms with Crippen molar-refractivity contribution in [2.45, 2.75) is 42.5 Å². The number of carbonyl (C=O) groups excluding carboxylic acids is 2. The molecule has 1 fully saturated rings. The van der Waals surface area contributed by atoms with Gasteiger partial charge in [-0.2, -0.15) is 0 Å². The monoisotopic (exact) mass is 542 g/mol. The zero-order valence-electron chi connectivity index (χ0n) is 20.2. The van der Waals surface area contributed by atoms with Crippen LogP contribution in [0.25, 0.3) is 0 Å². The smallest absolute Gasteiger partial charge is 0.251 e. The van der Waals surface area contributed by atoms with Crippen LogP contribution < -0.4 is 20.4 Å². The zero-order chi connectivity index (χ0) is 26.3. The van der Waals surface area contributed by atoms with Gasteiger partial charge in [0.15, 0.2) is 0 Å². The number of thiophene rings is 1. The Morgan fingerprint density at radius 2 is 1.68 bits per heavy atom. The lowest BCUT2D eigenvalue weighted by Crippen LogP contribution is -2.44. The summed E-state index contributed by atoms with van der Waals surface area (Å²) >= 11 is 1.15. The van der Waals surface area contributed by atoms with Gasteiger partial charge in [0, 0.05) is 41.7 Å². The standard InChI is InChI=1S/C26H30N4O5S2/c31-24(28-33)12-10-19-6-4-5-9-23(19)30-16-14-21(15-17-30)29-37(34,35)25-13-11-22(36-25)18-27-26(32)20-7-2-1-3-8-20/h1-9,11,13,21,29,33H,10,12,14-18H2,(H,27,32)(H,28,31). The first-order valence-corrected chi connectivity index (χ1v) is 14.4. The van der Waals surface area contributed by atoms with Gasteiger partial charge in [0.1, 0.15) is 4.21 Å². The number of aryl methyl sites for hydroxylation is 1. The van der Waals surface area contributed by atoms with Crippen molar-refractivity contribution >= 4 is 38.9 Å². The molecule has 4 N–H and O–H groups in total. The third-order valence-electron chi connectivity index (χ3n) is 6.26. The van der Waals surface area contributed by atoms with Crippen LogP contribution in [0.4, 0.5) is 5.69 Å². The van der Waals surface area contributed by atoms with Crippen molar-refractivity contribution in [3.63, 3.8) is 0 Å². The fraction of sp³-hybridized carbons (Fsp3) is 0.308. The molecule has 0 atom stereocenters. The van der Waals surface area contributed by atoms with Crippen molar-refractivity contribution in [3.05, 3.63) is 82.7 Å². The van der Waals surface area contributed by atoms with E-state index in [-0.39, 0.29) is 29.1 Å². The molecule has 0 aliphatic carbocycles. The molecule has 2 aromatic carbocycles. The number of amides is 2. The average Bonchev–Trinajstić information content (AvgIpc) is 3.41. The number of para-hydroxylation sites is 1. The Kier molecular flexibility index (Phi) is 8.93. The molecule has 0 bridgehead atoms. The Morgan fingerprint density at radius 3 is 2.41 bits per heavy atom. The van der Waals surface area contributed by atoms with E-state index in [2.05, 4.69) is 14.9 Å². The maximum absolute atomic E-state index is 13.0. The Labute approximate surface area is 220 Å². The molecular weight excluding hydrogens is 512 g/mol. The van der Waals surface area contributed by atoms with Crippen molar-refractivity contribution in [2.24, 2.45) is 0 Å². The normalized spacial score (nSPS) is 14.4. The second-order valence-electron chi connectivity index (χ2n) is 8.82. The second-order valence-corrected chi connectivity index (χ2v) is 11.9. The van der Waals surface area contributed by atoms with E-state index in [1.807, 2.05) is 30.3 Å². The highest BCUT2D eigenvalue weighted by Gasteiger charge is 2.26. The first kappa shape index (κ1) is 26.8. The van der Waals surface area contributed by atoms with Crippen LogP contribution in [0.15, 0.2) is 70.9 Å². The van der Waals surface area contributed by atoms with Crippen LogP contribution in [0.2, 0.25) is 0 Å². The molecule has 3 aromatic rings. The first-order chi connectivity index (χ1) is 17.9. The molecule has 1 aromatic heterocycles. The minimum Gasteiger partial charge on any atom is -0.371 e. The zero-order valence-corrected chi connectivity index (χ0v) is 21.9. The molecular formula is C26H30N4O5S2. The van der Waals surface area contributed by atoms with Crippen molar-refractivity contribution < 1.29 is 23.2 Å². The van der Waals surface area contributed by atoms with Gasteiger partial charge in [-0.1, -0.05) is 36.4 Å². The molecule has 1 saturated heterocycles. The molecule has 2 heterocycles. The van der Waals surface area contributed by atoms with Crippen molar-refractivity contribution in [1.29, 1.82) is 0 Å². The maximum atomic E-state index is 13.0. The minimum absolute atomic E-state index is 0.183. The van der Waals surface area contributed by atoms with Crippen LogP contribution in [0.5, 0.6) is 0 Å². The van der Waals surface area contributed by atoms with Gasteiger partial charge in [-0.3, -0.25) is 14.8 Å². The summed E-state index contributed by atoms with van der Waals surface area (Å²) in [6.07, 6.45) is 1.98. The van der Waals surface area contributed by atoms with Gasteiger partial charge in [-0.25, -0.2) is 18.6 Å². The molecule has 1 aliphatic rings. The molecule has 1 aliphatic heterocycles. The van der Waals surface area contributed by atoms with Crippen molar-refractivity contribution in [1.82, 2.24) is 15.5 Å². The number of carbonyl (C=O) groups is 2. The number of hydrogen-bond acceptors (Lipinski definition) is 7. The van der Waals surface area contributed by atoms with Gasteiger partial charge < -0.3 is 10.2 Å². The lowest BCUT2D eigenvalue weighted by Gasteiger charge is -2.35. The number of hydrogen-bond donors (Lipinski definition) is 4. The first-order valence-electron chi connectivity index (χ1n) is 12.1. The highest BCUT2D eigenvalue weighted by atomic mass is 32.2. The highest BCUT2D eigenvalue weighted by molar-refractivity contribution is 7.91. The molecule has 37 heavy (non-hydrogen) atoms. The molecule has 11 heteroatoms. The van der Waals surface area contributed by atoms with Crippen LogP contribution in [0.3, 0.4) is 0 Å². The molecule has 2 amide bonds. The quantitative estimate of drug-likeness (QED) is 0.230. The molecule has 196 valence electrons. The number of benzene rings is 2. The van der Waals surface area contributed by atoms with E-state index in [1.165, 1.54) is 0 Å². The summed E-state index contributed by atoms with van der Waals surface area (Å²) in [5.41, 5.74) is 4.25. The number of anilines is 1. The fourth-order valence-electron chi connectivity index (χ4n) is 4.31. The minimum atomic E-state index is -3.67. The summed E-state index contributed by atoms with van der Waals surface area (Å²) in [5, 5.41) is 11.6. The molecule has 0 unspecified atom stereocenters. The van der Waals surface area contributed by atoms with E-state index in [4.69, 9.17) is 5.21 Å². The van der Waals surface area contributed by atoms with Gasteiger partial charge in [0.2, 0.25) is 15.9 Å². The molecule has 9 nitrogen and oxygen atoms in total. The number of nitrogens with zero attached hydrogens (tertiary/aromatic N) is 1. The summed E-state index contributed by atoms with van der Waals surface area (Å²) in [7, 11) is -3.67. The van der Waals surface area contributed by atoms with E-state index in [1.54, 1.807) is 41.9 Å². The summed E-state index contributed by atoms with van der Waals surface area (Å²) in [6, 6.07) is 19.8. The second kappa shape index (κ2) is 12.3. The molecule has 0 spiro atoms. The van der Waals surface area contributed by atoms with Crippen LogP contribution >= 0.6 is 11.3 Å². The van der Waals surface area contributed by atoms with E-state index < -0.39 is 15.9 Å². The molecule has 0 radical (unpaired) electrons. The van der Waals surface area contributed by atoms with Crippen LogP contribution in [0.1, 0.15) is 40.1 Å². The number of hydroxylamine groups is 1. The average molecular weight is 543 g/mol. The largest absolute Gasteiger partial charge is 0.371 e. The Bertz CT molecular complexity index is 1320. The summed E-state index contributed by atoms with van der Waals surface area (Å²) < 4.78 is 29.1. The Hall–Kier alpha value is -3.25. The number of piperidine rings is 1. The third kappa shape index (κ3) is 7.16. The predicted octanol–water partition coefficient (Wildman–Crippen LogP) is 3.06. The summed E-state index contributed by atoms with van der Waals surface area (Å²) in [6.45, 7) is 1.61. The van der Waals surface area contributed by atoms with Crippen molar-refractivity contribution in [3.8, 4) is 0 Å². The summed E-state index contributed by atoms with van der Waals surface area (Å²) in [4.78, 5) is 26.6. The maximum Gasteiger partial charge on any atom is 0.251 e. The van der Waals surface area contributed by atoms with Crippen LogP contribution in [-0.2, 0) is 27.8 Å². The van der Waals surface area contributed by atoms with Gasteiger partial charge >= 0.3 is 0 Å². The van der Waals surface area contributed by atoms with E-state index in [9.17, 15) is 18.0 Å². The third-order valence-corrected chi connectivity index (χ3v) is 9.35. The van der Waals surface area contributed by atoms with Crippen LogP contribution in [0, 0.1) is 0 Å². The van der Waals surface area contributed by atoms with E-state index >= 15 is 0 Å². The Balaban J connectivity index is 1.30. The van der Waals surface area contributed by atoms with Crippen molar-refractivity contribution in [2.75, 3.05) is 18.0 Å². The highest BCUT2D eigenvalue weighted by Crippen LogP contribution is 2.27. The SMILES string of the molecule is O=C(CCc1ccccc1N1CCC(NS(=O)(=O)c2ccc(CNC(=O)c3ccccc3)s2)CC1)NO. The van der Waals surface area contributed by atoms with Gasteiger partial charge in [-0.05, 0) is 55.2 Å². The summed E-state index contributed by atoms with van der Waals surface area (Å²) in [5.74, 6) is -0.639. The predicted molar refractivity (Wildman–Crippen MR) is 142 cm³/mol.